The van der Waals surface area contributed by atoms with Crippen LogP contribution in [0.5, 0.6) is 0 Å². The third kappa shape index (κ3) is 8.30. The molecule has 182 valence electrons. The minimum absolute atomic E-state index is 0.0523. The summed E-state index contributed by atoms with van der Waals surface area (Å²) in [5.41, 5.74) is 10.9. The van der Waals surface area contributed by atoms with Crippen molar-refractivity contribution in [2.24, 2.45) is 17.4 Å². The van der Waals surface area contributed by atoms with Crippen LogP contribution >= 0.6 is 11.8 Å². The van der Waals surface area contributed by atoms with E-state index in [1.807, 2.05) is 6.26 Å². The Kier molecular flexibility index (Phi) is 11.5. The van der Waals surface area contributed by atoms with Gasteiger partial charge >= 0.3 is 5.97 Å². The van der Waals surface area contributed by atoms with Gasteiger partial charge in [0.25, 0.3) is 0 Å². The van der Waals surface area contributed by atoms with E-state index in [9.17, 15) is 29.1 Å². The molecule has 0 spiro atoms. The first-order chi connectivity index (χ1) is 15.0. The molecule has 0 radical (unpaired) electrons. The van der Waals surface area contributed by atoms with Crippen molar-refractivity contribution in [3.8, 4) is 0 Å². The van der Waals surface area contributed by atoms with Crippen molar-refractivity contribution in [1.29, 1.82) is 0 Å². The fourth-order valence-corrected chi connectivity index (χ4v) is 3.92. The molecule has 4 amide bonds. The van der Waals surface area contributed by atoms with Gasteiger partial charge in [-0.2, -0.15) is 11.8 Å². The van der Waals surface area contributed by atoms with Gasteiger partial charge in [0.2, 0.25) is 23.6 Å². The van der Waals surface area contributed by atoms with Gasteiger partial charge < -0.3 is 32.1 Å². The number of rotatable bonds is 13. The van der Waals surface area contributed by atoms with Crippen LogP contribution < -0.4 is 22.1 Å². The smallest absolute Gasteiger partial charge is 0.326 e. The van der Waals surface area contributed by atoms with Crippen LogP contribution in [0.1, 0.15) is 46.0 Å². The Hall–Kier alpha value is -2.34. The second-order valence-corrected chi connectivity index (χ2v) is 9.20. The van der Waals surface area contributed by atoms with Gasteiger partial charge in [-0.05, 0) is 43.6 Å². The van der Waals surface area contributed by atoms with Crippen molar-refractivity contribution >= 4 is 41.4 Å². The number of aliphatic carboxylic acids is 1. The van der Waals surface area contributed by atoms with Crippen molar-refractivity contribution in [1.82, 2.24) is 15.5 Å². The Morgan fingerprint density at radius 1 is 1.12 bits per heavy atom. The molecular formula is C20H35N5O6S. The number of carbonyl (C=O) groups excluding carboxylic acids is 4. The monoisotopic (exact) mass is 473 g/mol. The van der Waals surface area contributed by atoms with Crippen LogP contribution in [0.3, 0.4) is 0 Å². The summed E-state index contributed by atoms with van der Waals surface area (Å²) in [4.78, 5) is 62.1. The molecule has 11 nitrogen and oxygen atoms in total. The molecule has 32 heavy (non-hydrogen) atoms. The molecule has 12 heteroatoms. The number of amides is 4. The minimum Gasteiger partial charge on any atom is -0.480 e. The van der Waals surface area contributed by atoms with Crippen LogP contribution in [0, 0.1) is 5.92 Å². The van der Waals surface area contributed by atoms with E-state index in [1.165, 1.54) is 16.7 Å². The van der Waals surface area contributed by atoms with Gasteiger partial charge in [-0.25, -0.2) is 4.79 Å². The summed E-state index contributed by atoms with van der Waals surface area (Å²) in [6.45, 7) is 3.82. The quantitative estimate of drug-likeness (QED) is 0.226. The van der Waals surface area contributed by atoms with Crippen molar-refractivity contribution < 1.29 is 29.1 Å². The molecule has 7 N–H and O–H groups in total. The Morgan fingerprint density at radius 2 is 1.78 bits per heavy atom. The average Bonchev–Trinajstić information content (AvgIpc) is 3.22. The Balaban J connectivity index is 2.90. The highest BCUT2D eigenvalue weighted by atomic mass is 32.2. The van der Waals surface area contributed by atoms with Crippen LogP contribution in [-0.4, -0.2) is 82.3 Å². The zero-order chi connectivity index (χ0) is 24.4. The Bertz CT molecular complexity index is 704. The number of nitrogens with one attached hydrogen (secondary N) is 2. The summed E-state index contributed by atoms with van der Waals surface area (Å²) in [5, 5.41) is 14.7. The lowest BCUT2D eigenvalue weighted by Crippen LogP contribution is -2.58. The van der Waals surface area contributed by atoms with Crippen LogP contribution in [0.2, 0.25) is 0 Å². The van der Waals surface area contributed by atoms with E-state index in [4.69, 9.17) is 11.5 Å². The molecule has 0 aromatic carbocycles. The zero-order valence-corrected chi connectivity index (χ0v) is 19.7. The molecule has 0 aromatic rings. The third-order valence-electron chi connectivity index (χ3n) is 5.33. The topological polar surface area (TPSA) is 185 Å². The van der Waals surface area contributed by atoms with E-state index in [2.05, 4.69) is 10.6 Å². The normalized spacial score (nSPS) is 18.7. The van der Waals surface area contributed by atoms with E-state index in [-0.39, 0.29) is 18.8 Å². The van der Waals surface area contributed by atoms with Gasteiger partial charge in [-0.15, -0.1) is 0 Å². The predicted molar refractivity (Wildman–Crippen MR) is 120 cm³/mol. The minimum atomic E-state index is -1.07. The summed E-state index contributed by atoms with van der Waals surface area (Å²) < 4.78 is 0. The molecule has 1 rings (SSSR count). The highest BCUT2D eigenvalue weighted by Gasteiger charge is 2.39. The van der Waals surface area contributed by atoms with Gasteiger partial charge in [0, 0.05) is 13.0 Å². The lowest BCUT2D eigenvalue weighted by atomic mass is 10.0. The molecule has 1 aliphatic heterocycles. The fraction of sp³-hybridized carbons (Fsp3) is 0.750. The molecule has 0 aliphatic carbocycles. The molecular weight excluding hydrogens is 438 g/mol. The number of carbonyl (C=O) groups is 5. The highest BCUT2D eigenvalue weighted by molar-refractivity contribution is 7.98. The van der Waals surface area contributed by atoms with Crippen molar-refractivity contribution in [3.05, 3.63) is 0 Å². The lowest BCUT2D eigenvalue weighted by Gasteiger charge is -2.30. The van der Waals surface area contributed by atoms with Crippen molar-refractivity contribution in [2.75, 3.05) is 18.6 Å². The molecule has 1 aliphatic rings. The molecule has 0 aromatic heterocycles. The second-order valence-electron chi connectivity index (χ2n) is 8.21. The number of nitrogens with zero attached hydrogens (tertiary/aromatic N) is 1. The highest BCUT2D eigenvalue weighted by Crippen LogP contribution is 2.20. The van der Waals surface area contributed by atoms with Gasteiger partial charge in [-0.1, -0.05) is 13.8 Å². The summed E-state index contributed by atoms with van der Waals surface area (Å²) in [6, 6.07) is -3.77. The Morgan fingerprint density at radius 3 is 2.31 bits per heavy atom. The van der Waals surface area contributed by atoms with Crippen LogP contribution in [0.15, 0.2) is 0 Å². The van der Waals surface area contributed by atoms with E-state index in [0.29, 0.717) is 31.6 Å². The molecule has 1 fully saturated rings. The van der Waals surface area contributed by atoms with Crippen LogP contribution in [-0.2, 0) is 24.0 Å². The lowest BCUT2D eigenvalue weighted by molar-refractivity contribution is -0.150. The first-order valence-electron chi connectivity index (χ1n) is 10.7. The fourth-order valence-electron chi connectivity index (χ4n) is 3.45. The summed E-state index contributed by atoms with van der Waals surface area (Å²) in [6.07, 6.45) is 3.11. The van der Waals surface area contributed by atoms with E-state index >= 15 is 0 Å². The molecule has 0 bridgehead atoms. The summed E-state index contributed by atoms with van der Waals surface area (Å²) in [5.74, 6) is -2.97. The molecule has 1 saturated heterocycles. The summed E-state index contributed by atoms with van der Waals surface area (Å²) in [7, 11) is 0. The maximum Gasteiger partial charge on any atom is 0.326 e. The molecule has 4 unspecified atom stereocenters. The summed E-state index contributed by atoms with van der Waals surface area (Å²) >= 11 is 1.49. The van der Waals surface area contributed by atoms with E-state index in [0.717, 1.165) is 0 Å². The Labute approximate surface area is 192 Å². The van der Waals surface area contributed by atoms with Gasteiger partial charge in [0.05, 0.1) is 6.04 Å². The van der Waals surface area contributed by atoms with E-state index < -0.39 is 53.8 Å². The number of hydrogen-bond acceptors (Lipinski definition) is 7. The molecule has 0 saturated carbocycles. The van der Waals surface area contributed by atoms with Gasteiger partial charge in [-0.3, -0.25) is 19.2 Å². The maximum atomic E-state index is 13.0. The second kappa shape index (κ2) is 13.3. The zero-order valence-electron chi connectivity index (χ0n) is 18.8. The SMILES string of the molecule is CSCCC(NC(=O)C(N)CCC(N)=O)C(=O)NC(C(=O)N1CCCC1C(=O)O)C(C)C. The number of nitrogens with two attached hydrogens (primary N) is 2. The third-order valence-corrected chi connectivity index (χ3v) is 5.98. The first-order valence-corrected chi connectivity index (χ1v) is 12.1. The molecule has 1 heterocycles. The number of thioether (sulfide) groups is 1. The number of primary amides is 1. The number of carboxylic acids is 1. The van der Waals surface area contributed by atoms with Crippen molar-refractivity contribution in [3.63, 3.8) is 0 Å². The average molecular weight is 474 g/mol. The first kappa shape index (κ1) is 27.7. The maximum absolute atomic E-state index is 13.0. The van der Waals surface area contributed by atoms with Crippen LogP contribution in [0.4, 0.5) is 0 Å². The predicted octanol–water partition coefficient (Wildman–Crippen LogP) is -0.966. The van der Waals surface area contributed by atoms with Crippen LogP contribution in [0.25, 0.3) is 0 Å². The molecule has 4 atom stereocenters. The van der Waals surface area contributed by atoms with Gasteiger partial charge in [0.1, 0.15) is 18.1 Å². The number of likely N-dealkylation sites (tertiary alicyclic amines) is 1. The largest absolute Gasteiger partial charge is 0.480 e. The number of carboxylic acid groups (broad SMARTS) is 1. The van der Waals surface area contributed by atoms with Crippen molar-refractivity contribution in [2.45, 2.75) is 70.1 Å². The van der Waals surface area contributed by atoms with Gasteiger partial charge in [0.15, 0.2) is 0 Å². The standard InChI is InChI=1S/C20H35N5O6S/c1-11(2)16(19(29)25-9-4-5-14(25)20(30)31)24-18(28)13(8-10-32-3)23-17(27)12(21)6-7-15(22)26/h11-14,16H,4-10,21H2,1-3H3,(H2,22,26)(H,23,27)(H,24,28)(H,30,31). The van der Waals surface area contributed by atoms with E-state index in [1.54, 1.807) is 13.8 Å². The number of hydrogen-bond donors (Lipinski definition) is 5.